The molecule has 0 amide bonds. The van der Waals surface area contributed by atoms with Crippen molar-refractivity contribution in [3.63, 3.8) is 0 Å². The Morgan fingerprint density at radius 1 is 0.759 bits per heavy atom. The summed E-state index contributed by atoms with van der Waals surface area (Å²) in [6.45, 7) is 12.4. The van der Waals surface area contributed by atoms with E-state index in [4.69, 9.17) is 11.3 Å². The van der Waals surface area contributed by atoms with Gasteiger partial charge in [0.15, 0.2) is 0 Å². The van der Waals surface area contributed by atoms with E-state index < -0.39 is 18.4 Å². The molecule has 0 N–H and O–H groups in total. The minimum atomic E-state index is -2.54. The van der Waals surface area contributed by atoms with Gasteiger partial charge < -0.3 is 0 Å². The van der Waals surface area contributed by atoms with Gasteiger partial charge in [-0.15, -0.1) is 0 Å². The van der Waals surface area contributed by atoms with Crippen molar-refractivity contribution in [1.82, 2.24) is 0 Å². The zero-order valence-corrected chi connectivity index (χ0v) is 21.7. The fourth-order valence-electron chi connectivity index (χ4n) is 4.24. The van der Waals surface area contributed by atoms with E-state index in [1.807, 2.05) is 0 Å². The average Bonchev–Trinajstić information content (AvgIpc) is 2.78. The molecule has 0 radical (unpaired) electrons. The predicted octanol–water partition coefficient (Wildman–Crippen LogP) is 8.67. The predicted molar refractivity (Wildman–Crippen MR) is 131 cm³/mol. The summed E-state index contributed by atoms with van der Waals surface area (Å²) in [5.41, 5.74) is 2.51. The van der Waals surface area contributed by atoms with E-state index in [0.717, 1.165) is 5.75 Å². The second-order valence-corrected chi connectivity index (χ2v) is 21.7. The Hall–Kier alpha value is -1.22. The van der Waals surface area contributed by atoms with Crippen LogP contribution in [0.4, 0.5) is 0 Å². The first kappa shape index (κ1) is 24.1. The average molecular weight is 499 g/mol. The summed E-state index contributed by atoms with van der Waals surface area (Å²) in [7, 11) is 0. The fraction of sp³-hybridized carbons (Fsp3) is 0.481. The monoisotopic (exact) mass is 500 g/mol. The first-order valence-electron chi connectivity index (χ1n) is 11.6. The third-order valence-corrected chi connectivity index (χ3v) is 21.8. The topological polar surface area (TPSA) is 9.23 Å². The molecule has 2 heteroatoms. The summed E-state index contributed by atoms with van der Waals surface area (Å²) in [4.78, 5) is 0. The van der Waals surface area contributed by atoms with Crippen LogP contribution in [0.25, 0.3) is 3.59 Å². The third-order valence-electron chi connectivity index (χ3n) is 6.12. The normalized spacial score (nSPS) is 11.4. The van der Waals surface area contributed by atoms with Crippen molar-refractivity contribution in [3.8, 4) is 5.75 Å². The number of unbranched alkanes of at least 4 members (excludes halogenated alkanes) is 3. The van der Waals surface area contributed by atoms with Gasteiger partial charge in [0.2, 0.25) is 0 Å². The number of hydrogen-bond acceptors (Lipinski definition) is 1. The van der Waals surface area contributed by atoms with Gasteiger partial charge in [-0.3, -0.25) is 0 Å². The van der Waals surface area contributed by atoms with Gasteiger partial charge >= 0.3 is 184 Å². The Morgan fingerprint density at radius 2 is 1.28 bits per heavy atom. The van der Waals surface area contributed by atoms with Crippen molar-refractivity contribution in [2.24, 2.45) is 0 Å². The summed E-state index contributed by atoms with van der Waals surface area (Å²) < 4.78 is 12.1. The molecule has 0 spiro atoms. The van der Waals surface area contributed by atoms with Crippen LogP contribution in [-0.2, 0) is 6.61 Å². The molecule has 0 aliphatic heterocycles. The SMILES string of the molecule is C=[C](c1ccccc1OCc1ccccc1)[Sn]([CH2]CCC)([CH2]CCC)[CH2]CCC. The van der Waals surface area contributed by atoms with Crippen LogP contribution in [0.1, 0.15) is 70.4 Å². The van der Waals surface area contributed by atoms with Crippen LogP contribution in [0, 0.1) is 0 Å². The number of rotatable bonds is 14. The molecule has 0 aliphatic rings. The van der Waals surface area contributed by atoms with Gasteiger partial charge in [0.1, 0.15) is 0 Å². The van der Waals surface area contributed by atoms with Crippen molar-refractivity contribution < 1.29 is 4.74 Å². The molecular formula is C27H40OSn. The van der Waals surface area contributed by atoms with E-state index in [-0.39, 0.29) is 0 Å². The summed E-state index contributed by atoms with van der Waals surface area (Å²) in [6.07, 6.45) is 7.93. The molecule has 0 saturated carbocycles. The molecule has 0 saturated heterocycles. The van der Waals surface area contributed by atoms with Gasteiger partial charge in [-0.05, 0) is 0 Å². The molecular weight excluding hydrogens is 459 g/mol. The van der Waals surface area contributed by atoms with Crippen LogP contribution in [-0.4, -0.2) is 18.4 Å². The molecule has 0 atom stereocenters. The number of benzene rings is 2. The molecule has 2 aromatic carbocycles. The Labute approximate surface area is 183 Å². The van der Waals surface area contributed by atoms with Crippen molar-refractivity contribution in [3.05, 3.63) is 72.3 Å². The second kappa shape index (κ2) is 13.2. The van der Waals surface area contributed by atoms with Crippen molar-refractivity contribution >= 4 is 22.0 Å². The van der Waals surface area contributed by atoms with Crippen LogP contribution in [0.3, 0.4) is 0 Å². The van der Waals surface area contributed by atoms with E-state index in [0.29, 0.717) is 6.61 Å². The van der Waals surface area contributed by atoms with Gasteiger partial charge in [-0.25, -0.2) is 0 Å². The fourth-order valence-corrected chi connectivity index (χ4v) is 20.0. The molecule has 0 fully saturated rings. The summed E-state index contributed by atoms with van der Waals surface area (Å²) in [5, 5.41) is 0. The van der Waals surface area contributed by atoms with Gasteiger partial charge in [-0.1, -0.05) is 0 Å². The van der Waals surface area contributed by atoms with E-state index in [1.165, 1.54) is 66.6 Å². The van der Waals surface area contributed by atoms with Crippen LogP contribution in [0.2, 0.25) is 13.3 Å². The van der Waals surface area contributed by atoms with Crippen molar-refractivity contribution in [2.45, 2.75) is 79.2 Å². The number of hydrogen-bond donors (Lipinski definition) is 0. The van der Waals surface area contributed by atoms with Crippen LogP contribution >= 0.6 is 0 Å². The summed E-state index contributed by atoms with van der Waals surface area (Å²) >= 11 is -2.54. The summed E-state index contributed by atoms with van der Waals surface area (Å²) in [5.74, 6) is 1.02. The van der Waals surface area contributed by atoms with Crippen molar-refractivity contribution in [1.29, 1.82) is 0 Å². The van der Waals surface area contributed by atoms with E-state index in [2.05, 4.69) is 75.4 Å². The van der Waals surface area contributed by atoms with Gasteiger partial charge in [0.25, 0.3) is 0 Å². The molecule has 1 nitrogen and oxygen atoms in total. The summed E-state index contributed by atoms with van der Waals surface area (Å²) in [6, 6.07) is 19.1. The van der Waals surface area contributed by atoms with Gasteiger partial charge in [-0.2, -0.15) is 0 Å². The van der Waals surface area contributed by atoms with Gasteiger partial charge in [0, 0.05) is 0 Å². The Balaban J connectivity index is 2.30. The van der Waals surface area contributed by atoms with Crippen LogP contribution < -0.4 is 4.74 Å². The van der Waals surface area contributed by atoms with Gasteiger partial charge in [0.05, 0.1) is 0 Å². The standard InChI is InChI=1S/C15H13O.3C4H9.Sn/c1-2-14-10-6-7-11-15(14)16-12-13-8-4-3-5-9-13;3*1-3-4-2;/h3-11H,1,12H2;3*1,3-4H2,2H3;. The maximum atomic E-state index is 6.33. The molecule has 0 bridgehead atoms. The number of para-hydroxylation sites is 1. The quantitative estimate of drug-likeness (QED) is 0.236. The molecule has 2 rings (SSSR count). The molecule has 0 aliphatic carbocycles. The van der Waals surface area contributed by atoms with Crippen LogP contribution in [0.15, 0.2) is 61.2 Å². The molecule has 0 heterocycles. The molecule has 0 aromatic heterocycles. The second-order valence-electron chi connectivity index (χ2n) is 8.34. The number of ether oxygens (including phenoxy) is 1. The molecule has 0 unspecified atom stereocenters. The Bertz CT molecular complexity index is 701. The van der Waals surface area contributed by atoms with Crippen LogP contribution in [0.5, 0.6) is 5.75 Å². The Kier molecular flexibility index (Phi) is 10.9. The molecule has 29 heavy (non-hydrogen) atoms. The zero-order chi connectivity index (χ0) is 21.0. The molecule has 2 aromatic rings. The van der Waals surface area contributed by atoms with E-state index in [9.17, 15) is 0 Å². The first-order valence-corrected chi connectivity index (χ1v) is 19.1. The maximum absolute atomic E-state index is 6.33. The van der Waals surface area contributed by atoms with E-state index in [1.54, 1.807) is 0 Å². The first-order chi connectivity index (χ1) is 14.2. The Morgan fingerprint density at radius 3 is 1.83 bits per heavy atom. The molecule has 158 valence electrons. The third kappa shape index (κ3) is 7.20. The minimum absolute atomic E-state index is 0.618. The van der Waals surface area contributed by atoms with Crippen molar-refractivity contribution in [2.75, 3.05) is 0 Å². The van der Waals surface area contributed by atoms with E-state index >= 15 is 0 Å². The zero-order valence-electron chi connectivity index (χ0n) is 18.9.